The summed E-state index contributed by atoms with van der Waals surface area (Å²) in [5.41, 5.74) is -0.482. The lowest BCUT2D eigenvalue weighted by Crippen LogP contribution is -2.38. The van der Waals surface area contributed by atoms with Crippen molar-refractivity contribution < 1.29 is 9.57 Å². The Kier molecular flexibility index (Phi) is 6.38. The van der Waals surface area contributed by atoms with Gasteiger partial charge in [0.1, 0.15) is 24.0 Å². The zero-order chi connectivity index (χ0) is 19.1. The highest BCUT2D eigenvalue weighted by Gasteiger charge is 2.16. The molecule has 0 aliphatic heterocycles. The summed E-state index contributed by atoms with van der Waals surface area (Å²) in [5.74, 6) is 0.725. The molecule has 0 saturated carbocycles. The van der Waals surface area contributed by atoms with Crippen molar-refractivity contribution in [3.05, 3.63) is 87.1 Å². The zero-order valence-corrected chi connectivity index (χ0v) is 15.7. The van der Waals surface area contributed by atoms with E-state index in [9.17, 15) is 9.59 Å². The second kappa shape index (κ2) is 9.14. The molecule has 1 heterocycles. The maximum atomic E-state index is 12.3. The van der Waals surface area contributed by atoms with E-state index in [1.165, 1.54) is 11.8 Å². The molecule has 0 spiro atoms. The van der Waals surface area contributed by atoms with Gasteiger partial charge in [-0.15, -0.1) is 4.73 Å². The zero-order valence-electron chi connectivity index (χ0n) is 14.9. The fourth-order valence-corrected chi connectivity index (χ4v) is 3.57. The smallest absolute Gasteiger partial charge is 0.362 e. The van der Waals surface area contributed by atoms with Crippen molar-refractivity contribution in [1.82, 2.24) is 9.71 Å². The first-order chi connectivity index (χ1) is 13.2. The van der Waals surface area contributed by atoms with Gasteiger partial charge in [-0.2, -0.15) is 0 Å². The van der Waals surface area contributed by atoms with E-state index in [-0.39, 0.29) is 18.8 Å². The fraction of sp³-hybridized carbons (Fsp3) is 0.200. The van der Waals surface area contributed by atoms with Crippen molar-refractivity contribution in [2.24, 2.45) is 0 Å². The Morgan fingerprint density at radius 2 is 1.63 bits per heavy atom. The predicted molar refractivity (Wildman–Crippen MR) is 105 cm³/mol. The SMILES string of the molecule is CCc1c(Sc2ccccc2)n(OCCOc2ccccc2)c(=O)[nH]c1=O. The van der Waals surface area contributed by atoms with Gasteiger partial charge in [-0.25, -0.2) is 4.79 Å². The predicted octanol–water partition coefficient (Wildman–Crippen LogP) is 2.76. The molecular weight excluding hydrogens is 364 g/mol. The van der Waals surface area contributed by atoms with Crippen LogP contribution >= 0.6 is 11.8 Å². The van der Waals surface area contributed by atoms with Gasteiger partial charge in [0, 0.05) is 4.90 Å². The molecule has 1 N–H and O–H groups in total. The molecule has 7 heteroatoms. The second-order valence-corrected chi connectivity index (χ2v) is 6.66. The third kappa shape index (κ3) is 4.83. The van der Waals surface area contributed by atoms with Crippen LogP contribution in [0.1, 0.15) is 12.5 Å². The molecule has 0 aliphatic rings. The number of para-hydroxylation sites is 1. The van der Waals surface area contributed by atoms with Crippen molar-refractivity contribution in [2.45, 2.75) is 23.3 Å². The summed E-state index contributed by atoms with van der Waals surface area (Å²) < 4.78 is 6.73. The fourth-order valence-electron chi connectivity index (χ4n) is 2.47. The molecule has 0 fully saturated rings. The summed E-state index contributed by atoms with van der Waals surface area (Å²) in [6.45, 7) is 2.30. The minimum Gasteiger partial charge on any atom is -0.490 e. The number of nitrogens with zero attached hydrogens (tertiary/aromatic N) is 1. The molecule has 0 saturated heterocycles. The molecule has 0 aliphatic carbocycles. The van der Waals surface area contributed by atoms with Crippen LogP contribution in [-0.2, 0) is 6.42 Å². The first-order valence-corrected chi connectivity index (χ1v) is 9.43. The minimum absolute atomic E-state index is 0.159. The Balaban J connectivity index is 1.80. The number of nitrogens with one attached hydrogen (secondary N) is 1. The van der Waals surface area contributed by atoms with Gasteiger partial charge in [0.15, 0.2) is 0 Å². The van der Waals surface area contributed by atoms with E-state index in [0.717, 1.165) is 15.4 Å². The van der Waals surface area contributed by atoms with Gasteiger partial charge in [-0.3, -0.25) is 9.78 Å². The minimum atomic E-state index is -0.602. The summed E-state index contributed by atoms with van der Waals surface area (Å²) in [6, 6.07) is 18.9. The van der Waals surface area contributed by atoms with Crippen molar-refractivity contribution in [3.63, 3.8) is 0 Å². The molecule has 3 rings (SSSR count). The monoisotopic (exact) mass is 384 g/mol. The van der Waals surface area contributed by atoms with Crippen LogP contribution in [-0.4, -0.2) is 22.9 Å². The number of aromatic nitrogens is 2. The van der Waals surface area contributed by atoms with Crippen molar-refractivity contribution in [1.29, 1.82) is 0 Å². The average molecular weight is 384 g/mol. The lowest BCUT2D eigenvalue weighted by Gasteiger charge is -2.15. The first-order valence-electron chi connectivity index (χ1n) is 8.61. The summed E-state index contributed by atoms with van der Waals surface area (Å²) in [7, 11) is 0. The van der Waals surface area contributed by atoms with Gasteiger partial charge in [0.05, 0.1) is 5.56 Å². The third-order valence-corrected chi connectivity index (χ3v) is 4.86. The number of rotatable bonds is 8. The largest absolute Gasteiger partial charge is 0.490 e. The molecule has 0 bridgehead atoms. The van der Waals surface area contributed by atoms with Crippen LogP contribution in [0.2, 0.25) is 0 Å². The number of benzene rings is 2. The highest BCUT2D eigenvalue weighted by Crippen LogP contribution is 2.27. The van der Waals surface area contributed by atoms with E-state index in [4.69, 9.17) is 9.57 Å². The molecule has 27 heavy (non-hydrogen) atoms. The highest BCUT2D eigenvalue weighted by molar-refractivity contribution is 7.99. The maximum absolute atomic E-state index is 12.3. The van der Waals surface area contributed by atoms with E-state index in [2.05, 4.69) is 4.98 Å². The van der Waals surface area contributed by atoms with Gasteiger partial charge in [0.25, 0.3) is 5.56 Å². The molecule has 3 aromatic rings. The molecule has 0 atom stereocenters. The molecule has 6 nitrogen and oxygen atoms in total. The Bertz CT molecular complexity index is 984. The standard InChI is InChI=1S/C20H20N2O4S/c1-2-17-18(23)21-20(24)22(19(17)27-16-11-7-4-8-12-16)26-14-13-25-15-9-5-3-6-10-15/h3-12H,2,13-14H2,1H3,(H,21,23,24). The van der Waals surface area contributed by atoms with Crippen LogP contribution in [0.4, 0.5) is 0 Å². The lowest BCUT2D eigenvalue weighted by molar-refractivity contribution is 0.0566. The summed E-state index contributed by atoms with van der Waals surface area (Å²) in [4.78, 5) is 33.4. The Morgan fingerprint density at radius 3 is 2.30 bits per heavy atom. The van der Waals surface area contributed by atoms with Crippen LogP contribution in [0.3, 0.4) is 0 Å². The number of H-pyrrole nitrogens is 1. The molecule has 0 radical (unpaired) electrons. The van der Waals surface area contributed by atoms with Crippen LogP contribution < -0.4 is 20.8 Å². The average Bonchev–Trinajstić information content (AvgIpc) is 2.69. The van der Waals surface area contributed by atoms with Gasteiger partial charge in [-0.1, -0.05) is 55.1 Å². The number of hydrogen-bond acceptors (Lipinski definition) is 5. The molecular formula is C20H20N2O4S. The summed E-state index contributed by atoms with van der Waals surface area (Å²) in [5, 5.41) is 0.483. The number of hydrogen-bond donors (Lipinski definition) is 1. The number of aromatic amines is 1. The first kappa shape index (κ1) is 18.8. The van der Waals surface area contributed by atoms with E-state index < -0.39 is 5.69 Å². The number of ether oxygens (including phenoxy) is 1. The molecule has 1 aromatic heterocycles. The van der Waals surface area contributed by atoms with Crippen LogP contribution in [0.5, 0.6) is 5.75 Å². The van der Waals surface area contributed by atoms with Crippen molar-refractivity contribution >= 4 is 11.8 Å². The quantitative estimate of drug-likeness (QED) is 0.478. The molecule has 140 valence electrons. The molecule has 2 aromatic carbocycles. The highest BCUT2D eigenvalue weighted by atomic mass is 32.2. The van der Waals surface area contributed by atoms with Crippen LogP contribution in [0.15, 0.2) is 80.2 Å². The second-order valence-electron chi connectivity index (χ2n) is 5.60. The van der Waals surface area contributed by atoms with E-state index in [1.54, 1.807) is 0 Å². The summed E-state index contributed by atoms with van der Waals surface area (Å²) >= 11 is 1.33. The van der Waals surface area contributed by atoms with E-state index in [0.29, 0.717) is 17.0 Å². The van der Waals surface area contributed by atoms with Crippen LogP contribution in [0, 0.1) is 0 Å². The van der Waals surface area contributed by atoms with E-state index in [1.807, 2.05) is 67.6 Å². The van der Waals surface area contributed by atoms with Crippen LogP contribution in [0.25, 0.3) is 0 Å². The van der Waals surface area contributed by atoms with Crippen molar-refractivity contribution in [3.8, 4) is 5.75 Å². The normalized spacial score (nSPS) is 10.6. The topological polar surface area (TPSA) is 73.3 Å². The molecule has 0 unspecified atom stereocenters. The summed E-state index contributed by atoms with van der Waals surface area (Å²) in [6.07, 6.45) is 0.481. The molecule has 0 amide bonds. The van der Waals surface area contributed by atoms with Crippen molar-refractivity contribution in [2.75, 3.05) is 13.2 Å². The van der Waals surface area contributed by atoms with Gasteiger partial charge >= 0.3 is 5.69 Å². The Morgan fingerprint density at radius 1 is 0.963 bits per heavy atom. The van der Waals surface area contributed by atoms with Gasteiger partial charge in [0.2, 0.25) is 0 Å². The Labute approximate surface area is 160 Å². The lowest BCUT2D eigenvalue weighted by atomic mass is 10.3. The Hall–Kier alpha value is -2.93. The van der Waals surface area contributed by atoms with Gasteiger partial charge < -0.3 is 9.57 Å². The van der Waals surface area contributed by atoms with Gasteiger partial charge in [-0.05, 0) is 30.7 Å². The maximum Gasteiger partial charge on any atom is 0.362 e. The van der Waals surface area contributed by atoms with E-state index >= 15 is 0 Å². The third-order valence-electron chi connectivity index (χ3n) is 3.75.